The van der Waals surface area contributed by atoms with Crippen molar-refractivity contribution >= 4 is 17.3 Å². The maximum atomic E-state index is 5.30. The Morgan fingerprint density at radius 2 is 1.94 bits per heavy atom. The second-order valence-corrected chi connectivity index (χ2v) is 4.40. The van der Waals surface area contributed by atoms with Gasteiger partial charge in [-0.15, -0.1) is 0 Å². The van der Waals surface area contributed by atoms with Crippen LogP contribution in [0.5, 0.6) is 0 Å². The summed E-state index contributed by atoms with van der Waals surface area (Å²) >= 11 is 5.13. The molecule has 0 spiro atoms. The van der Waals surface area contributed by atoms with Crippen LogP contribution in [0.15, 0.2) is 0 Å². The molecule has 1 fully saturated rings. The largest absolute Gasteiger partial charge is 0.379 e. The van der Waals surface area contributed by atoms with E-state index in [0.29, 0.717) is 0 Å². The summed E-state index contributed by atoms with van der Waals surface area (Å²) in [6.07, 6.45) is 2.24. The monoisotopic (exact) mass is 245 g/mol. The zero-order chi connectivity index (χ0) is 11.6. The first-order valence-corrected chi connectivity index (χ1v) is 6.55. The molecule has 0 aromatic heterocycles. The van der Waals surface area contributed by atoms with Gasteiger partial charge in [0.15, 0.2) is 5.11 Å². The molecule has 0 radical (unpaired) electrons. The Hall–Kier alpha value is -0.390. The predicted octanol–water partition coefficient (Wildman–Crippen LogP) is 0.583. The molecular weight excluding hydrogens is 222 g/mol. The first kappa shape index (κ1) is 13.7. The lowest BCUT2D eigenvalue weighted by Gasteiger charge is -2.26. The SMILES string of the molecule is CCCNC(=S)NCCCN1CCOCC1. The maximum absolute atomic E-state index is 5.30. The highest BCUT2D eigenvalue weighted by molar-refractivity contribution is 7.80. The van der Waals surface area contributed by atoms with E-state index in [4.69, 9.17) is 17.0 Å². The molecule has 1 aliphatic heterocycles. The van der Waals surface area contributed by atoms with Crippen molar-refractivity contribution in [3.63, 3.8) is 0 Å². The molecule has 0 amide bonds. The van der Waals surface area contributed by atoms with Crippen molar-refractivity contribution in [2.24, 2.45) is 0 Å². The Labute approximate surface area is 104 Å². The molecule has 0 aromatic rings. The second kappa shape index (κ2) is 8.73. The number of rotatable bonds is 6. The van der Waals surface area contributed by atoms with Crippen LogP contribution in [-0.2, 0) is 4.74 Å². The molecule has 0 bridgehead atoms. The van der Waals surface area contributed by atoms with E-state index in [1.807, 2.05) is 0 Å². The van der Waals surface area contributed by atoms with E-state index in [2.05, 4.69) is 22.5 Å². The number of thiocarbonyl (C=S) groups is 1. The van der Waals surface area contributed by atoms with E-state index < -0.39 is 0 Å². The summed E-state index contributed by atoms with van der Waals surface area (Å²) in [7, 11) is 0. The maximum Gasteiger partial charge on any atom is 0.166 e. The highest BCUT2D eigenvalue weighted by atomic mass is 32.1. The Bertz CT molecular complexity index is 196. The normalized spacial score (nSPS) is 17.1. The van der Waals surface area contributed by atoms with Gasteiger partial charge in [0.05, 0.1) is 13.2 Å². The van der Waals surface area contributed by atoms with Gasteiger partial charge < -0.3 is 15.4 Å². The minimum absolute atomic E-state index is 0.781. The average Bonchev–Trinajstić information content (AvgIpc) is 2.33. The summed E-state index contributed by atoms with van der Waals surface area (Å²) in [4.78, 5) is 2.44. The number of morpholine rings is 1. The fraction of sp³-hybridized carbons (Fsp3) is 0.909. The molecule has 94 valence electrons. The highest BCUT2D eigenvalue weighted by Gasteiger charge is 2.08. The van der Waals surface area contributed by atoms with E-state index in [-0.39, 0.29) is 0 Å². The molecule has 1 saturated heterocycles. The number of hydrogen-bond donors (Lipinski definition) is 2. The fourth-order valence-electron chi connectivity index (χ4n) is 1.63. The van der Waals surface area contributed by atoms with E-state index >= 15 is 0 Å². The van der Waals surface area contributed by atoms with Crippen LogP contribution in [-0.4, -0.2) is 55.9 Å². The smallest absolute Gasteiger partial charge is 0.166 e. The number of hydrogen-bond acceptors (Lipinski definition) is 3. The van der Waals surface area contributed by atoms with Crippen molar-refractivity contribution in [3.8, 4) is 0 Å². The zero-order valence-electron chi connectivity index (χ0n) is 10.1. The van der Waals surface area contributed by atoms with Gasteiger partial charge in [-0.25, -0.2) is 0 Å². The van der Waals surface area contributed by atoms with Gasteiger partial charge in [0.25, 0.3) is 0 Å². The van der Waals surface area contributed by atoms with Crippen LogP contribution < -0.4 is 10.6 Å². The Balaban J connectivity index is 1.92. The summed E-state index contributed by atoms with van der Waals surface area (Å²) < 4.78 is 5.30. The van der Waals surface area contributed by atoms with Crippen molar-refractivity contribution in [3.05, 3.63) is 0 Å². The summed E-state index contributed by atoms with van der Waals surface area (Å²) in [5.41, 5.74) is 0. The van der Waals surface area contributed by atoms with Gasteiger partial charge in [0.2, 0.25) is 0 Å². The van der Waals surface area contributed by atoms with Gasteiger partial charge in [-0.1, -0.05) is 6.92 Å². The Morgan fingerprint density at radius 3 is 2.62 bits per heavy atom. The molecule has 0 aromatic carbocycles. The van der Waals surface area contributed by atoms with Gasteiger partial charge in [-0.2, -0.15) is 0 Å². The molecule has 1 heterocycles. The van der Waals surface area contributed by atoms with E-state index in [9.17, 15) is 0 Å². The van der Waals surface area contributed by atoms with Crippen molar-refractivity contribution < 1.29 is 4.74 Å². The van der Waals surface area contributed by atoms with Crippen molar-refractivity contribution in [1.82, 2.24) is 15.5 Å². The number of ether oxygens (including phenoxy) is 1. The van der Waals surface area contributed by atoms with Crippen LogP contribution in [0.1, 0.15) is 19.8 Å². The highest BCUT2D eigenvalue weighted by Crippen LogP contribution is 1.97. The third kappa shape index (κ3) is 6.25. The van der Waals surface area contributed by atoms with Crippen molar-refractivity contribution in [1.29, 1.82) is 0 Å². The summed E-state index contributed by atoms with van der Waals surface area (Å²) in [5.74, 6) is 0. The van der Waals surface area contributed by atoms with Crippen molar-refractivity contribution in [2.45, 2.75) is 19.8 Å². The molecule has 16 heavy (non-hydrogen) atoms. The average molecular weight is 245 g/mol. The van der Waals surface area contributed by atoms with Crippen LogP contribution in [0.25, 0.3) is 0 Å². The first-order chi connectivity index (χ1) is 7.83. The topological polar surface area (TPSA) is 36.5 Å². The van der Waals surface area contributed by atoms with Gasteiger partial charge in [0.1, 0.15) is 0 Å². The quantitative estimate of drug-likeness (QED) is 0.529. The van der Waals surface area contributed by atoms with E-state index in [1.54, 1.807) is 0 Å². The van der Waals surface area contributed by atoms with Crippen LogP contribution in [0, 0.1) is 0 Å². The molecule has 2 N–H and O–H groups in total. The van der Waals surface area contributed by atoms with Crippen LogP contribution in [0.3, 0.4) is 0 Å². The fourth-order valence-corrected chi connectivity index (χ4v) is 1.83. The van der Waals surface area contributed by atoms with Crippen molar-refractivity contribution in [2.75, 3.05) is 45.9 Å². The van der Waals surface area contributed by atoms with Gasteiger partial charge in [0, 0.05) is 26.2 Å². The summed E-state index contributed by atoms with van der Waals surface area (Å²) in [5, 5.41) is 7.16. The molecule has 1 aliphatic rings. The molecule has 0 atom stereocenters. The predicted molar refractivity (Wildman–Crippen MR) is 70.8 cm³/mol. The standard InChI is InChI=1S/C11H23N3OS/c1-2-4-12-11(16)13-5-3-6-14-7-9-15-10-8-14/h2-10H2,1H3,(H2,12,13,16). The van der Waals surface area contributed by atoms with Crippen LogP contribution in [0.4, 0.5) is 0 Å². The lowest BCUT2D eigenvalue weighted by Crippen LogP contribution is -2.40. The zero-order valence-corrected chi connectivity index (χ0v) is 10.9. The third-order valence-electron chi connectivity index (χ3n) is 2.58. The minimum Gasteiger partial charge on any atom is -0.379 e. The Kier molecular flexibility index (Phi) is 7.46. The lowest BCUT2D eigenvalue weighted by molar-refractivity contribution is 0.0376. The van der Waals surface area contributed by atoms with Gasteiger partial charge >= 0.3 is 0 Å². The van der Waals surface area contributed by atoms with Gasteiger partial charge in [-0.3, -0.25) is 4.90 Å². The molecule has 5 heteroatoms. The lowest BCUT2D eigenvalue weighted by atomic mass is 10.3. The molecule has 0 unspecified atom stereocenters. The summed E-state index contributed by atoms with van der Waals surface area (Å²) in [6.45, 7) is 9.06. The molecule has 4 nitrogen and oxygen atoms in total. The van der Waals surface area contributed by atoms with Crippen LogP contribution >= 0.6 is 12.2 Å². The number of nitrogens with one attached hydrogen (secondary N) is 2. The third-order valence-corrected chi connectivity index (χ3v) is 2.86. The van der Waals surface area contributed by atoms with Gasteiger partial charge in [-0.05, 0) is 31.6 Å². The first-order valence-electron chi connectivity index (χ1n) is 6.14. The molecular formula is C11H23N3OS. The van der Waals surface area contributed by atoms with E-state index in [1.165, 1.54) is 0 Å². The molecule has 1 rings (SSSR count). The number of nitrogens with zero attached hydrogens (tertiary/aromatic N) is 1. The minimum atomic E-state index is 0.781. The van der Waals surface area contributed by atoms with E-state index in [0.717, 1.165) is 63.9 Å². The Morgan fingerprint density at radius 1 is 1.25 bits per heavy atom. The second-order valence-electron chi connectivity index (χ2n) is 3.99. The van der Waals surface area contributed by atoms with Crippen LogP contribution in [0.2, 0.25) is 0 Å². The molecule has 0 aliphatic carbocycles. The summed E-state index contributed by atoms with van der Waals surface area (Å²) in [6, 6.07) is 0. The molecule has 0 saturated carbocycles.